The summed E-state index contributed by atoms with van der Waals surface area (Å²) in [5, 5.41) is 0. The minimum atomic E-state index is -0.583. The van der Waals surface area contributed by atoms with Crippen LogP contribution >= 0.6 is 59.9 Å². The zero-order valence-corrected chi connectivity index (χ0v) is 17.7. The summed E-state index contributed by atoms with van der Waals surface area (Å²) in [7, 11) is 0. The standard InChI is InChI=1S/C11H10FNO2.3HI.V/c1-6-4-8-7(11(13)14)2-3-9(12)10(8)15-5-6;;;;/h2-4H,5H2,1H3,(H2,13,14);3*1H;/q;;;;+3/p-3. The number of rotatable bonds is 1. The Morgan fingerprint density at radius 2 is 2.00 bits per heavy atom. The summed E-state index contributed by atoms with van der Waals surface area (Å²) in [6.45, 7) is 2.19. The number of ether oxygens (including phenoxy) is 1. The molecule has 104 valence electrons. The molecule has 1 aromatic rings. The number of primary amides is 1. The van der Waals surface area contributed by atoms with Crippen LogP contribution < -0.4 is 10.5 Å². The second kappa shape index (κ2) is 8.39. The maximum absolute atomic E-state index is 13.3. The van der Waals surface area contributed by atoms with Gasteiger partial charge < -0.3 is 10.5 Å². The van der Waals surface area contributed by atoms with Gasteiger partial charge in [0.2, 0.25) is 5.91 Å². The third-order valence-electron chi connectivity index (χ3n) is 2.25. The molecular formula is C11H10FI3NO2V. The van der Waals surface area contributed by atoms with Crippen LogP contribution in [0.4, 0.5) is 4.39 Å². The Kier molecular flexibility index (Phi) is 7.95. The van der Waals surface area contributed by atoms with E-state index in [0.717, 1.165) is 5.57 Å². The van der Waals surface area contributed by atoms with E-state index in [4.69, 9.17) is 10.5 Å². The summed E-state index contributed by atoms with van der Waals surface area (Å²) >= 11 is 7.39. The Labute approximate surface area is 148 Å². The van der Waals surface area contributed by atoms with Crippen molar-refractivity contribution in [2.24, 2.45) is 5.73 Å². The molecular weight excluding hydrogens is 629 g/mol. The van der Waals surface area contributed by atoms with Crippen LogP contribution in [0.2, 0.25) is 0 Å². The molecule has 1 heterocycles. The Hall–Kier alpha value is 0.934. The molecule has 0 fully saturated rings. The summed E-state index contributed by atoms with van der Waals surface area (Å²) in [5.74, 6) is -0.948. The van der Waals surface area contributed by atoms with Gasteiger partial charge in [-0.1, -0.05) is 0 Å². The van der Waals surface area contributed by atoms with E-state index in [1.54, 1.807) is 6.08 Å². The molecule has 1 aromatic carbocycles. The van der Waals surface area contributed by atoms with E-state index >= 15 is 0 Å². The number of benzene rings is 1. The first-order valence-electron chi connectivity index (χ1n) is 5.02. The Balaban J connectivity index is 0.000000399. The molecule has 0 saturated carbocycles. The van der Waals surface area contributed by atoms with Gasteiger partial charge in [-0.05, 0) is 30.7 Å². The first-order chi connectivity index (χ1) is 8.82. The summed E-state index contributed by atoms with van der Waals surface area (Å²) in [5.41, 5.74) is 6.83. The molecule has 0 spiro atoms. The van der Waals surface area contributed by atoms with E-state index in [9.17, 15) is 9.18 Å². The van der Waals surface area contributed by atoms with Gasteiger partial charge in [0.15, 0.2) is 11.6 Å². The molecule has 2 rings (SSSR count). The molecule has 1 aliphatic heterocycles. The van der Waals surface area contributed by atoms with Crippen molar-refractivity contribution in [1.29, 1.82) is 0 Å². The number of fused-ring (bicyclic) bond motifs is 1. The van der Waals surface area contributed by atoms with Crippen LogP contribution in [-0.4, -0.2) is 12.5 Å². The SMILES string of the molecule is CC1=Cc2c(C(N)=O)ccc(F)c2OC1.[I][V]([I])[I]. The Bertz CT molecular complexity index is 520. The Morgan fingerprint density at radius 3 is 2.53 bits per heavy atom. The molecule has 1 amide bonds. The van der Waals surface area contributed by atoms with E-state index in [1.165, 1.54) is 12.1 Å². The first-order valence-corrected chi connectivity index (χ1v) is 18.5. The number of hydrogen-bond donors (Lipinski definition) is 1. The van der Waals surface area contributed by atoms with Crippen LogP contribution in [-0.2, 0) is 4.92 Å². The van der Waals surface area contributed by atoms with E-state index in [-0.39, 0.29) is 16.2 Å². The predicted molar refractivity (Wildman–Crippen MR) is 96.1 cm³/mol. The molecule has 0 unspecified atom stereocenters. The van der Waals surface area contributed by atoms with Crippen LogP contribution in [0.5, 0.6) is 5.75 Å². The summed E-state index contributed by atoms with van der Waals surface area (Å²) in [4.78, 5) is 10.8. The van der Waals surface area contributed by atoms with E-state index in [1.807, 2.05) is 6.92 Å². The molecule has 8 heteroatoms. The van der Waals surface area contributed by atoms with Gasteiger partial charge in [0.05, 0.1) is 5.56 Å². The van der Waals surface area contributed by atoms with Crippen LogP contribution in [0.3, 0.4) is 0 Å². The number of hydrogen-bond acceptors (Lipinski definition) is 2. The van der Waals surface area contributed by atoms with Gasteiger partial charge in [-0.15, -0.1) is 0 Å². The van der Waals surface area contributed by atoms with Crippen molar-refractivity contribution in [3.8, 4) is 5.75 Å². The topological polar surface area (TPSA) is 52.3 Å². The molecule has 0 atom stereocenters. The van der Waals surface area contributed by atoms with Gasteiger partial charge in [-0.25, -0.2) is 4.39 Å². The van der Waals surface area contributed by atoms with Crippen LogP contribution in [0.1, 0.15) is 22.8 Å². The third kappa shape index (κ3) is 5.67. The minimum absolute atomic E-state index is 0.108. The van der Waals surface area contributed by atoms with Crippen molar-refractivity contribution in [2.75, 3.05) is 6.61 Å². The van der Waals surface area contributed by atoms with Gasteiger partial charge in [-0.3, -0.25) is 4.79 Å². The second-order valence-corrected chi connectivity index (χ2v) is 39.0. The third-order valence-corrected chi connectivity index (χ3v) is 2.25. The molecule has 0 bridgehead atoms. The van der Waals surface area contributed by atoms with Gasteiger partial charge in [0, 0.05) is 5.56 Å². The van der Waals surface area contributed by atoms with Crippen molar-refractivity contribution in [2.45, 2.75) is 6.92 Å². The number of halogens is 4. The van der Waals surface area contributed by atoms with Crippen LogP contribution in [0.15, 0.2) is 17.7 Å². The Morgan fingerprint density at radius 1 is 1.42 bits per heavy atom. The molecule has 0 aromatic heterocycles. The number of carbonyl (C=O) groups excluding carboxylic acids is 1. The normalized spacial score (nSPS) is 12.8. The van der Waals surface area contributed by atoms with Crippen molar-refractivity contribution in [3.63, 3.8) is 0 Å². The zero-order valence-electron chi connectivity index (χ0n) is 9.79. The van der Waals surface area contributed by atoms with Crippen molar-refractivity contribution >= 4 is 71.9 Å². The van der Waals surface area contributed by atoms with Crippen molar-refractivity contribution in [1.82, 2.24) is 0 Å². The molecule has 0 radical (unpaired) electrons. The first kappa shape index (κ1) is 18.0. The fourth-order valence-corrected chi connectivity index (χ4v) is 1.55. The van der Waals surface area contributed by atoms with Gasteiger partial charge in [0.25, 0.3) is 0 Å². The molecule has 2 N–H and O–H groups in total. The summed E-state index contributed by atoms with van der Waals surface area (Å²) < 4.78 is 18.5. The molecule has 0 aliphatic carbocycles. The zero-order chi connectivity index (χ0) is 14.6. The summed E-state index contributed by atoms with van der Waals surface area (Å²) in [6, 6.07) is 2.56. The van der Waals surface area contributed by atoms with E-state index in [0.29, 0.717) is 12.2 Å². The summed E-state index contributed by atoms with van der Waals surface area (Å²) in [6.07, 6.45) is 1.72. The van der Waals surface area contributed by atoms with Crippen LogP contribution in [0.25, 0.3) is 6.08 Å². The van der Waals surface area contributed by atoms with Gasteiger partial charge in [-0.2, -0.15) is 0 Å². The predicted octanol–water partition coefficient (Wildman–Crippen LogP) is 4.37. The number of carbonyl (C=O) groups is 1. The van der Waals surface area contributed by atoms with E-state index < -0.39 is 11.7 Å². The van der Waals surface area contributed by atoms with Crippen molar-refractivity contribution < 1.29 is 18.8 Å². The number of amides is 1. The maximum atomic E-state index is 13.3. The average molecular weight is 639 g/mol. The monoisotopic (exact) mass is 639 g/mol. The molecule has 3 nitrogen and oxygen atoms in total. The van der Waals surface area contributed by atoms with Gasteiger partial charge in [0.1, 0.15) is 6.61 Å². The van der Waals surface area contributed by atoms with Crippen LogP contribution in [0, 0.1) is 5.82 Å². The van der Waals surface area contributed by atoms with Gasteiger partial charge >= 0.3 is 64.9 Å². The fraction of sp³-hybridized carbons (Fsp3) is 0.182. The quantitative estimate of drug-likeness (QED) is 0.465. The van der Waals surface area contributed by atoms with Crippen molar-refractivity contribution in [3.05, 3.63) is 34.6 Å². The van der Waals surface area contributed by atoms with E-state index in [2.05, 4.69) is 59.9 Å². The molecule has 19 heavy (non-hydrogen) atoms. The molecule has 0 saturated heterocycles. The average Bonchev–Trinajstić information content (AvgIpc) is 2.27. The fourth-order valence-electron chi connectivity index (χ4n) is 1.55. The molecule has 1 aliphatic rings. The number of nitrogens with two attached hydrogens (primary N) is 1. The second-order valence-electron chi connectivity index (χ2n) is 3.67.